The monoisotopic (exact) mass is 351 g/mol. The van der Waals surface area contributed by atoms with Gasteiger partial charge >= 0.3 is 6.09 Å². The van der Waals surface area contributed by atoms with E-state index in [9.17, 15) is 14.9 Å². The lowest BCUT2D eigenvalue weighted by Crippen LogP contribution is -2.46. The summed E-state index contributed by atoms with van der Waals surface area (Å²) < 4.78 is 10.3. The molecule has 0 aromatic heterocycles. The number of piperidine rings is 1. The lowest BCUT2D eigenvalue weighted by molar-refractivity contribution is -0.384. The first-order chi connectivity index (χ1) is 11.7. The van der Waals surface area contributed by atoms with Crippen LogP contribution in [0, 0.1) is 10.1 Å². The standard InChI is InChI=1S/C17H25N3O5/c1-17(2,3)25-16(21)18-12-7-9-19(10-8-12)14-6-5-13(24-4)11-15(14)20(22)23/h5-6,11-12H,7-10H2,1-4H3,(H,18,21). The molecule has 1 aliphatic rings. The molecule has 0 aliphatic carbocycles. The first-order valence-corrected chi connectivity index (χ1v) is 8.26. The Hall–Kier alpha value is -2.51. The van der Waals surface area contributed by atoms with Gasteiger partial charge in [0.05, 0.1) is 18.1 Å². The third-order valence-corrected chi connectivity index (χ3v) is 3.94. The summed E-state index contributed by atoms with van der Waals surface area (Å²) in [5, 5.41) is 14.2. The average Bonchev–Trinajstić information content (AvgIpc) is 2.53. The molecule has 1 aromatic carbocycles. The van der Waals surface area contributed by atoms with Gasteiger partial charge in [-0.25, -0.2) is 4.79 Å². The van der Waals surface area contributed by atoms with E-state index in [2.05, 4.69) is 5.32 Å². The maximum Gasteiger partial charge on any atom is 0.407 e. The van der Waals surface area contributed by atoms with Crippen LogP contribution in [0.1, 0.15) is 33.6 Å². The Labute approximate surface area is 147 Å². The van der Waals surface area contributed by atoms with E-state index in [0.717, 1.165) is 0 Å². The molecule has 8 nitrogen and oxygen atoms in total. The Bertz CT molecular complexity index is 634. The van der Waals surface area contributed by atoms with Crippen molar-refractivity contribution in [2.24, 2.45) is 0 Å². The Morgan fingerprint density at radius 2 is 1.96 bits per heavy atom. The highest BCUT2D eigenvalue weighted by molar-refractivity contribution is 5.68. The van der Waals surface area contributed by atoms with Crippen LogP contribution in [0.2, 0.25) is 0 Å². The number of hydrogen-bond acceptors (Lipinski definition) is 6. The lowest BCUT2D eigenvalue weighted by atomic mass is 10.0. The zero-order chi connectivity index (χ0) is 18.6. The van der Waals surface area contributed by atoms with Gasteiger partial charge in [-0.1, -0.05) is 0 Å². The molecule has 0 bridgehead atoms. The second-order valence-corrected chi connectivity index (χ2v) is 7.02. The number of ether oxygens (including phenoxy) is 2. The van der Waals surface area contributed by atoms with Crippen molar-refractivity contribution in [2.75, 3.05) is 25.1 Å². The summed E-state index contributed by atoms with van der Waals surface area (Å²) in [5.41, 5.74) is 0.0634. The van der Waals surface area contributed by atoms with Crippen molar-refractivity contribution in [2.45, 2.75) is 45.3 Å². The van der Waals surface area contributed by atoms with Crippen LogP contribution in [-0.2, 0) is 4.74 Å². The van der Waals surface area contributed by atoms with Gasteiger partial charge in [0, 0.05) is 19.1 Å². The van der Waals surface area contributed by atoms with Crippen molar-refractivity contribution in [3.05, 3.63) is 28.3 Å². The number of carbonyl (C=O) groups excluding carboxylic acids is 1. The molecule has 138 valence electrons. The van der Waals surface area contributed by atoms with Crippen LogP contribution >= 0.6 is 0 Å². The van der Waals surface area contributed by atoms with E-state index in [0.29, 0.717) is 37.4 Å². The second kappa shape index (κ2) is 7.58. The summed E-state index contributed by atoms with van der Waals surface area (Å²) in [5.74, 6) is 0.455. The summed E-state index contributed by atoms with van der Waals surface area (Å²) in [7, 11) is 1.48. The van der Waals surface area contributed by atoms with Crippen LogP contribution in [0.5, 0.6) is 5.75 Å². The fourth-order valence-electron chi connectivity index (χ4n) is 2.78. The van der Waals surface area contributed by atoms with Gasteiger partial charge in [0.25, 0.3) is 5.69 Å². The van der Waals surface area contributed by atoms with Crippen LogP contribution < -0.4 is 15.0 Å². The Morgan fingerprint density at radius 3 is 2.48 bits per heavy atom. The molecule has 0 spiro atoms. The number of anilines is 1. The quantitative estimate of drug-likeness (QED) is 0.662. The molecular weight excluding hydrogens is 326 g/mol. The fraction of sp³-hybridized carbons (Fsp3) is 0.588. The van der Waals surface area contributed by atoms with Crippen molar-refractivity contribution < 1.29 is 19.2 Å². The van der Waals surface area contributed by atoms with Gasteiger partial charge < -0.3 is 19.7 Å². The molecule has 25 heavy (non-hydrogen) atoms. The largest absolute Gasteiger partial charge is 0.496 e. The van der Waals surface area contributed by atoms with E-state index >= 15 is 0 Å². The predicted octanol–water partition coefficient (Wildman–Crippen LogP) is 3.10. The van der Waals surface area contributed by atoms with Crippen LogP contribution in [0.4, 0.5) is 16.2 Å². The first kappa shape index (κ1) is 18.8. The number of methoxy groups -OCH3 is 1. The minimum absolute atomic E-state index is 0.00315. The zero-order valence-electron chi connectivity index (χ0n) is 15.1. The predicted molar refractivity (Wildman–Crippen MR) is 94.3 cm³/mol. The van der Waals surface area contributed by atoms with Gasteiger partial charge in [0.15, 0.2) is 0 Å². The van der Waals surface area contributed by atoms with E-state index in [1.54, 1.807) is 12.1 Å². The van der Waals surface area contributed by atoms with Gasteiger partial charge in [0.2, 0.25) is 0 Å². The maximum absolute atomic E-state index is 11.8. The van der Waals surface area contributed by atoms with Crippen LogP contribution in [0.15, 0.2) is 18.2 Å². The van der Waals surface area contributed by atoms with Crippen LogP contribution in [-0.4, -0.2) is 42.9 Å². The molecule has 1 aliphatic heterocycles. The number of carbonyl (C=O) groups is 1. The van der Waals surface area contributed by atoms with E-state index in [4.69, 9.17) is 9.47 Å². The van der Waals surface area contributed by atoms with Crippen molar-refractivity contribution in [1.82, 2.24) is 5.32 Å². The highest BCUT2D eigenvalue weighted by Crippen LogP contribution is 2.33. The zero-order valence-corrected chi connectivity index (χ0v) is 15.1. The Morgan fingerprint density at radius 1 is 1.32 bits per heavy atom. The smallest absolute Gasteiger partial charge is 0.407 e. The molecule has 1 saturated heterocycles. The molecule has 1 aromatic rings. The number of nitrogens with one attached hydrogen (secondary N) is 1. The maximum atomic E-state index is 11.8. The summed E-state index contributed by atoms with van der Waals surface area (Å²) in [6, 6.07) is 4.86. The topological polar surface area (TPSA) is 93.9 Å². The van der Waals surface area contributed by atoms with E-state index in [1.807, 2.05) is 25.7 Å². The van der Waals surface area contributed by atoms with E-state index in [-0.39, 0.29) is 11.7 Å². The summed E-state index contributed by atoms with van der Waals surface area (Å²) in [6.45, 7) is 6.69. The number of hydrogen-bond donors (Lipinski definition) is 1. The SMILES string of the molecule is COc1ccc(N2CCC(NC(=O)OC(C)(C)C)CC2)c([N+](=O)[O-])c1. The van der Waals surface area contributed by atoms with Crippen molar-refractivity contribution in [3.8, 4) is 5.75 Å². The van der Waals surface area contributed by atoms with Crippen LogP contribution in [0.25, 0.3) is 0 Å². The molecule has 8 heteroatoms. The summed E-state index contributed by atoms with van der Waals surface area (Å²) in [6.07, 6.45) is 0.964. The molecule has 1 amide bonds. The average molecular weight is 351 g/mol. The minimum Gasteiger partial charge on any atom is -0.496 e. The molecule has 0 atom stereocenters. The van der Waals surface area contributed by atoms with Crippen molar-refractivity contribution >= 4 is 17.5 Å². The number of amides is 1. The second-order valence-electron chi connectivity index (χ2n) is 7.02. The first-order valence-electron chi connectivity index (χ1n) is 8.26. The number of nitro groups is 1. The third kappa shape index (κ3) is 5.23. The minimum atomic E-state index is -0.533. The molecule has 2 rings (SSSR count). The number of rotatable bonds is 4. The normalized spacial score (nSPS) is 15.6. The van der Waals surface area contributed by atoms with Crippen molar-refractivity contribution in [1.29, 1.82) is 0 Å². The number of alkyl carbamates (subject to hydrolysis) is 1. The molecule has 0 unspecified atom stereocenters. The molecule has 1 fully saturated rings. The van der Waals surface area contributed by atoms with E-state index < -0.39 is 16.6 Å². The molecular formula is C17H25N3O5. The summed E-state index contributed by atoms with van der Waals surface area (Å²) >= 11 is 0. The molecule has 1 heterocycles. The highest BCUT2D eigenvalue weighted by Gasteiger charge is 2.27. The molecule has 0 saturated carbocycles. The van der Waals surface area contributed by atoms with Gasteiger partial charge in [-0.15, -0.1) is 0 Å². The highest BCUT2D eigenvalue weighted by atomic mass is 16.6. The number of benzene rings is 1. The number of nitro benzene ring substituents is 1. The Balaban J connectivity index is 1.98. The lowest BCUT2D eigenvalue weighted by Gasteiger charge is -2.34. The summed E-state index contributed by atoms with van der Waals surface area (Å²) in [4.78, 5) is 24.7. The number of nitrogens with zero attached hydrogens (tertiary/aromatic N) is 2. The third-order valence-electron chi connectivity index (χ3n) is 3.94. The van der Waals surface area contributed by atoms with Crippen LogP contribution in [0.3, 0.4) is 0 Å². The van der Waals surface area contributed by atoms with Crippen molar-refractivity contribution in [3.63, 3.8) is 0 Å². The molecule has 0 radical (unpaired) electrons. The van der Waals surface area contributed by atoms with E-state index in [1.165, 1.54) is 13.2 Å². The van der Waals surface area contributed by atoms with Gasteiger partial charge in [-0.3, -0.25) is 10.1 Å². The fourth-order valence-corrected chi connectivity index (χ4v) is 2.78. The van der Waals surface area contributed by atoms with Gasteiger partial charge in [-0.05, 0) is 45.7 Å². The molecule has 1 N–H and O–H groups in total. The van der Waals surface area contributed by atoms with Gasteiger partial charge in [0.1, 0.15) is 17.0 Å². The van der Waals surface area contributed by atoms with Gasteiger partial charge in [-0.2, -0.15) is 0 Å². The Kier molecular flexibility index (Phi) is 5.71.